The number of likely N-dealkylation sites (tertiary alicyclic amines) is 1. The summed E-state index contributed by atoms with van der Waals surface area (Å²) in [5, 5.41) is 11.3. The highest BCUT2D eigenvalue weighted by molar-refractivity contribution is 7.15. The first-order chi connectivity index (χ1) is 18.5. The SMILES string of the molecule is CCN1CCC(COc2ccc(C(=O)Nc3ncc(C)s3)c(Oc3ccc(-c4nnc(C)o4)cc3)c2)CC1. The molecule has 9 nitrogen and oxygen atoms in total. The number of aryl methyl sites for hydroxylation is 2. The van der Waals surface area contributed by atoms with Gasteiger partial charge in [-0.1, -0.05) is 6.92 Å². The van der Waals surface area contributed by atoms with E-state index in [2.05, 4.69) is 32.3 Å². The third kappa shape index (κ3) is 6.38. The first-order valence-electron chi connectivity index (χ1n) is 12.8. The maximum absolute atomic E-state index is 13.2. The number of nitrogens with one attached hydrogen (secondary N) is 1. The van der Waals surface area contributed by atoms with Crippen molar-refractivity contribution >= 4 is 22.4 Å². The van der Waals surface area contributed by atoms with Gasteiger partial charge in [0.05, 0.1) is 12.2 Å². The highest BCUT2D eigenvalue weighted by Crippen LogP contribution is 2.32. The normalized spacial score (nSPS) is 14.4. The smallest absolute Gasteiger partial charge is 0.261 e. The Morgan fingerprint density at radius 1 is 1.11 bits per heavy atom. The molecular weight excluding hydrogens is 502 g/mol. The van der Waals surface area contributed by atoms with Gasteiger partial charge in [0, 0.05) is 29.6 Å². The number of nitrogens with zero attached hydrogens (tertiary/aromatic N) is 4. The van der Waals surface area contributed by atoms with Crippen LogP contribution in [-0.4, -0.2) is 52.2 Å². The molecule has 1 fully saturated rings. The predicted molar refractivity (Wildman–Crippen MR) is 146 cm³/mol. The van der Waals surface area contributed by atoms with E-state index in [0.29, 0.717) is 52.2 Å². The van der Waals surface area contributed by atoms with E-state index in [1.807, 2.05) is 25.1 Å². The topological polar surface area (TPSA) is 103 Å². The summed E-state index contributed by atoms with van der Waals surface area (Å²) < 4.78 is 17.9. The Morgan fingerprint density at radius 3 is 2.53 bits per heavy atom. The summed E-state index contributed by atoms with van der Waals surface area (Å²) in [6.07, 6.45) is 3.97. The summed E-state index contributed by atoms with van der Waals surface area (Å²) in [5.74, 6) is 2.78. The van der Waals surface area contributed by atoms with Crippen molar-refractivity contribution in [2.24, 2.45) is 5.92 Å². The van der Waals surface area contributed by atoms with Gasteiger partial charge in [-0.2, -0.15) is 0 Å². The van der Waals surface area contributed by atoms with Crippen LogP contribution in [0.2, 0.25) is 0 Å². The van der Waals surface area contributed by atoms with Gasteiger partial charge in [0.2, 0.25) is 11.8 Å². The summed E-state index contributed by atoms with van der Waals surface area (Å²) in [5.41, 5.74) is 1.17. The molecule has 0 aliphatic carbocycles. The Labute approximate surface area is 225 Å². The van der Waals surface area contributed by atoms with Crippen molar-refractivity contribution in [1.29, 1.82) is 0 Å². The molecule has 4 aromatic rings. The molecule has 5 rings (SSSR count). The van der Waals surface area contributed by atoms with Gasteiger partial charge in [-0.15, -0.1) is 21.5 Å². The van der Waals surface area contributed by atoms with Gasteiger partial charge >= 0.3 is 0 Å². The Bertz CT molecular complexity index is 1380. The van der Waals surface area contributed by atoms with Crippen LogP contribution in [-0.2, 0) is 0 Å². The lowest BCUT2D eigenvalue weighted by Gasteiger charge is -2.30. The van der Waals surface area contributed by atoms with E-state index < -0.39 is 0 Å². The monoisotopic (exact) mass is 533 g/mol. The fraction of sp³-hybridized carbons (Fsp3) is 0.357. The van der Waals surface area contributed by atoms with Crippen molar-refractivity contribution in [1.82, 2.24) is 20.1 Å². The minimum Gasteiger partial charge on any atom is -0.493 e. The number of carbonyl (C=O) groups is 1. The van der Waals surface area contributed by atoms with Gasteiger partial charge in [0.25, 0.3) is 5.91 Å². The maximum Gasteiger partial charge on any atom is 0.261 e. The molecule has 0 atom stereocenters. The molecule has 0 saturated carbocycles. The van der Waals surface area contributed by atoms with Crippen molar-refractivity contribution in [3.05, 3.63) is 65.0 Å². The van der Waals surface area contributed by atoms with Crippen LogP contribution in [0, 0.1) is 19.8 Å². The van der Waals surface area contributed by atoms with Crippen molar-refractivity contribution in [2.75, 3.05) is 31.6 Å². The van der Waals surface area contributed by atoms with E-state index >= 15 is 0 Å². The van der Waals surface area contributed by atoms with Crippen LogP contribution in [0.3, 0.4) is 0 Å². The molecule has 0 bridgehead atoms. The molecule has 1 N–H and O–H groups in total. The first-order valence-corrected chi connectivity index (χ1v) is 13.6. The van der Waals surface area contributed by atoms with Crippen LogP contribution in [0.15, 0.2) is 53.1 Å². The molecule has 1 amide bonds. The van der Waals surface area contributed by atoms with Gasteiger partial charge in [-0.05, 0) is 81.7 Å². The molecule has 2 aromatic carbocycles. The van der Waals surface area contributed by atoms with Crippen LogP contribution in [0.5, 0.6) is 17.2 Å². The quantitative estimate of drug-likeness (QED) is 0.281. The van der Waals surface area contributed by atoms with Crippen LogP contribution in [0.4, 0.5) is 5.13 Å². The van der Waals surface area contributed by atoms with Crippen molar-refractivity contribution in [3.63, 3.8) is 0 Å². The highest BCUT2D eigenvalue weighted by Gasteiger charge is 2.20. The Kier molecular flexibility index (Phi) is 8.00. The van der Waals surface area contributed by atoms with Crippen LogP contribution in [0.1, 0.15) is 40.9 Å². The first kappa shape index (κ1) is 25.9. The molecule has 1 saturated heterocycles. The number of amides is 1. The number of rotatable bonds is 9. The molecule has 10 heteroatoms. The molecule has 3 heterocycles. The predicted octanol–water partition coefficient (Wildman–Crippen LogP) is 5.97. The zero-order chi connectivity index (χ0) is 26.5. The number of ether oxygens (including phenoxy) is 2. The zero-order valence-corrected chi connectivity index (χ0v) is 22.6. The number of hydrogen-bond donors (Lipinski definition) is 1. The van der Waals surface area contributed by atoms with Crippen LogP contribution in [0.25, 0.3) is 11.5 Å². The molecular formula is C28H31N5O4S. The van der Waals surface area contributed by atoms with Crippen molar-refractivity contribution in [2.45, 2.75) is 33.6 Å². The molecule has 1 aliphatic rings. The van der Waals surface area contributed by atoms with E-state index in [9.17, 15) is 4.79 Å². The second kappa shape index (κ2) is 11.7. The van der Waals surface area contributed by atoms with Crippen molar-refractivity contribution < 1.29 is 18.7 Å². The molecule has 198 valence electrons. The lowest BCUT2D eigenvalue weighted by Crippen LogP contribution is -2.35. The fourth-order valence-electron chi connectivity index (χ4n) is 4.33. The van der Waals surface area contributed by atoms with Gasteiger partial charge in [0.15, 0.2) is 5.13 Å². The highest BCUT2D eigenvalue weighted by atomic mass is 32.1. The standard InChI is InChI=1S/C28H31N5O4S/c1-4-33-13-11-20(12-14-33)17-35-23-9-10-24(26(34)30-28-29-16-18(2)38-28)25(15-23)37-22-7-5-21(6-8-22)27-32-31-19(3)36-27/h5-10,15-16,20H,4,11-14,17H2,1-3H3,(H,29,30,34). The third-order valence-corrected chi connectivity index (χ3v) is 7.36. The lowest BCUT2D eigenvalue weighted by atomic mass is 9.98. The summed E-state index contributed by atoms with van der Waals surface area (Å²) in [6, 6.07) is 12.6. The number of piperidine rings is 1. The van der Waals surface area contributed by atoms with Gasteiger partial charge in [-0.3, -0.25) is 10.1 Å². The molecule has 38 heavy (non-hydrogen) atoms. The van der Waals surface area contributed by atoms with E-state index in [1.54, 1.807) is 37.4 Å². The number of hydrogen-bond acceptors (Lipinski definition) is 9. The lowest BCUT2D eigenvalue weighted by molar-refractivity contribution is 0.102. The minimum atomic E-state index is -0.300. The fourth-order valence-corrected chi connectivity index (χ4v) is 4.99. The Morgan fingerprint density at radius 2 is 1.87 bits per heavy atom. The van der Waals surface area contributed by atoms with Gasteiger partial charge < -0.3 is 18.8 Å². The van der Waals surface area contributed by atoms with E-state index in [-0.39, 0.29) is 5.91 Å². The van der Waals surface area contributed by atoms with E-state index in [0.717, 1.165) is 42.9 Å². The largest absolute Gasteiger partial charge is 0.493 e. The molecule has 0 radical (unpaired) electrons. The Hall–Kier alpha value is -3.76. The number of carbonyl (C=O) groups excluding carboxylic acids is 1. The zero-order valence-electron chi connectivity index (χ0n) is 21.8. The summed E-state index contributed by atoms with van der Waals surface area (Å²) in [4.78, 5) is 20.9. The van der Waals surface area contributed by atoms with Gasteiger partial charge in [0.1, 0.15) is 17.2 Å². The third-order valence-electron chi connectivity index (χ3n) is 6.53. The number of benzene rings is 2. The Balaban J connectivity index is 1.33. The summed E-state index contributed by atoms with van der Waals surface area (Å²) in [6.45, 7) is 9.83. The molecule has 2 aromatic heterocycles. The molecule has 0 spiro atoms. The van der Waals surface area contributed by atoms with Crippen molar-refractivity contribution in [3.8, 4) is 28.7 Å². The number of anilines is 1. The molecule has 1 aliphatic heterocycles. The van der Waals surface area contributed by atoms with Gasteiger partial charge in [-0.25, -0.2) is 4.98 Å². The van der Waals surface area contributed by atoms with Crippen LogP contribution < -0.4 is 14.8 Å². The number of thiazole rings is 1. The second-order valence-corrected chi connectivity index (χ2v) is 10.6. The minimum absolute atomic E-state index is 0.300. The average Bonchev–Trinajstić information content (AvgIpc) is 3.55. The summed E-state index contributed by atoms with van der Waals surface area (Å²) >= 11 is 1.42. The molecule has 0 unspecified atom stereocenters. The van der Waals surface area contributed by atoms with Crippen LogP contribution >= 0.6 is 11.3 Å². The number of aromatic nitrogens is 3. The second-order valence-electron chi connectivity index (χ2n) is 9.33. The maximum atomic E-state index is 13.2. The average molecular weight is 534 g/mol. The van der Waals surface area contributed by atoms with E-state index in [1.165, 1.54) is 11.3 Å². The summed E-state index contributed by atoms with van der Waals surface area (Å²) in [7, 11) is 0. The van der Waals surface area contributed by atoms with E-state index in [4.69, 9.17) is 13.9 Å².